The van der Waals surface area contributed by atoms with E-state index in [0.717, 1.165) is 11.3 Å². The van der Waals surface area contributed by atoms with Crippen molar-refractivity contribution in [1.29, 1.82) is 0 Å². The molecule has 1 fully saturated rings. The van der Waals surface area contributed by atoms with Gasteiger partial charge in [-0.15, -0.1) is 16.9 Å². The number of hydrogen-bond acceptors (Lipinski definition) is 7. The van der Waals surface area contributed by atoms with Gasteiger partial charge >= 0.3 is 0 Å². The molecule has 10 heteroatoms. The van der Waals surface area contributed by atoms with Gasteiger partial charge in [-0.05, 0) is 41.5 Å². The number of amides is 1. The lowest BCUT2D eigenvalue weighted by atomic mass is 10.1. The van der Waals surface area contributed by atoms with Crippen molar-refractivity contribution in [2.24, 2.45) is 0 Å². The second kappa shape index (κ2) is 6.89. The molecule has 0 spiro atoms. The normalized spacial score (nSPS) is 19.3. The largest absolute Gasteiger partial charge is 0.325 e. The van der Waals surface area contributed by atoms with E-state index in [9.17, 15) is 13.2 Å². The topological polar surface area (TPSA) is 107 Å². The van der Waals surface area contributed by atoms with Crippen molar-refractivity contribution in [1.82, 2.24) is 20.2 Å². The van der Waals surface area contributed by atoms with Crippen molar-refractivity contribution in [2.75, 3.05) is 22.6 Å². The van der Waals surface area contributed by atoms with Crippen LogP contribution in [0.5, 0.6) is 0 Å². The molecule has 0 aliphatic carbocycles. The van der Waals surface area contributed by atoms with E-state index in [1.54, 1.807) is 0 Å². The molecule has 1 aromatic carbocycles. The minimum atomic E-state index is -2.91. The number of nitrogens with zero attached hydrogens (tertiary/aromatic N) is 4. The summed E-state index contributed by atoms with van der Waals surface area (Å²) in [5.41, 5.74) is 2.33. The SMILES string of the molecule is Cc1c(NC(=O)CS[C@H]2CCS(=O)(=O)C2)cccc1-n1cnnn1. The van der Waals surface area contributed by atoms with Crippen LogP contribution < -0.4 is 5.32 Å². The Morgan fingerprint density at radius 3 is 2.96 bits per heavy atom. The van der Waals surface area contributed by atoms with Crippen molar-refractivity contribution < 1.29 is 13.2 Å². The summed E-state index contributed by atoms with van der Waals surface area (Å²) in [7, 11) is -2.91. The third-order valence-corrected chi connectivity index (χ3v) is 7.10. The maximum Gasteiger partial charge on any atom is 0.234 e. The van der Waals surface area contributed by atoms with Crippen molar-refractivity contribution >= 4 is 33.2 Å². The van der Waals surface area contributed by atoms with Gasteiger partial charge in [0.15, 0.2) is 9.84 Å². The van der Waals surface area contributed by atoms with Gasteiger partial charge in [0.25, 0.3) is 0 Å². The van der Waals surface area contributed by atoms with E-state index in [0.29, 0.717) is 12.1 Å². The predicted molar refractivity (Wildman–Crippen MR) is 92.0 cm³/mol. The van der Waals surface area contributed by atoms with Crippen LogP contribution >= 0.6 is 11.8 Å². The zero-order valence-corrected chi connectivity index (χ0v) is 14.7. The molecule has 1 atom stereocenters. The summed E-state index contributed by atoms with van der Waals surface area (Å²) in [5, 5.41) is 13.9. The standard InChI is InChI=1S/C14H17N5O3S2/c1-10-12(3-2-4-13(10)19-9-15-17-18-19)16-14(20)7-23-11-5-6-24(21,22)8-11/h2-4,9,11H,5-8H2,1H3,(H,16,20)/t11-/m0/s1. The number of anilines is 1. The van der Waals surface area contributed by atoms with Gasteiger partial charge < -0.3 is 5.32 Å². The quantitative estimate of drug-likeness (QED) is 0.834. The first-order valence-electron chi connectivity index (χ1n) is 7.39. The number of aromatic nitrogens is 4. The summed E-state index contributed by atoms with van der Waals surface area (Å²) >= 11 is 1.39. The van der Waals surface area contributed by atoms with Gasteiger partial charge in [0.2, 0.25) is 5.91 Å². The molecule has 0 bridgehead atoms. The third-order valence-electron chi connectivity index (χ3n) is 3.82. The van der Waals surface area contributed by atoms with E-state index in [2.05, 4.69) is 20.8 Å². The Bertz CT molecular complexity index is 836. The van der Waals surface area contributed by atoms with Crippen LogP contribution in [0.2, 0.25) is 0 Å². The molecule has 3 rings (SSSR count). The molecule has 128 valence electrons. The van der Waals surface area contributed by atoms with Gasteiger partial charge in [-0.3, -0.25) is 4.79 Å². The average Bonchev–Trinajstić information content (AvgIpc) is 3.17. The highest BCUT2D eigenvalue weighted by molar-refractivity contribution is 8.02. The number of rotatable bonds is 5. The molecule has 1 aromatic heterocycles. The summed E-state index contributed by atoms with van der Waals surface area (Å²) in [6, 6.07) is 5.49. The second-order valence-corrected chi connectivity index (χ2v) is 9.11. The number of nitrogens with one attached hydrogen (secondary N) is 1. The van der Waals surface area contributed by atoms with Gasteiger partial charge in [0, 0.05) is 10.9 Å². The van der Waals surface area contributed by atoms with E-state index in [4.69, 9.17) is 0 Å². The number of carbonyl (C=O) groups is 1. The molecule has 1 aliphatic rings. The molecule has 1 amide bonds. The van der Waals surface area contributed by atoms with Crippen LogP contribution in [0, 0.1) is 6.92 Å². The minimum Gasteiger partial charge on any atom is -0.325 e. The predicted octanol–water partition coefficient (Wildman–Crippen LogP) is 0.830. The van der Waals surface area contributed by atoms with E-state index < -0.39 is 9.84 Å². The molecule has 0 saturated carbocycles. The van der Waals surface area contributed by atoms with Crippen molar-refractivity contribution in [3.8, 4) is 5.69 Å². The fourth-order valence-electron chi connectivity index (χ4n) is 2.55. The molecular formula is C14H17N5O3S2. The number of sulfone groups is 1. The average molecular weight is 367 g/mol. The Hall–Kier alpha value is -1.94. The van der Waals surface area contributed by atoms with E-state index >= 15 is 0 Å². The monoisotopic (exact) mass is 367 g/mol. The first kappa shape index (κ1) is 16.9. The second-order valence-electron chi connectivity index (χ2n) is 5.59. The molecular weight excluding hydrogens is 350 g/mol. The lowest BCUT2D eigenvalue weighted by Gasteiger charge is -2.12. The maximum absolute atomic E-state index is 12.2. The summed E-state index contributed by atoms with van der Waals surface area (Å²) < 4.78 is 24.4. The molecule has 24 heavy (non-hydrogen) atoms. The molecule has 2 heterocycles. The summed E-state index contributed by atoms with van der Waals surface area (Å²) in [6.07, 6.45) is 2.11. The number of thioether (sulfide) groups is 1. The lowest BCUT2D eigenvalue weighted by molar-refractivity contribution is -0.113. The lowest BCUT2D eigenvalue weighted by Crippen LogP contribution is -2.18. The molecule has 0 unspecified atom stereocenters. The van der Waals surface area contributed by atoms with E-state index in [-0.39, 0.29) is 28.4 Å². The minimum absolute atomic E-state index is 0.00871. The van der Waals surface area contributed by atoms with Gasteiger partial charge in [-0.2, -0.15) is 0 Å². The Morgan fingerprint density at radius 1 is 1.46 bits per heavy atom. The summed E-state index contributed by atoms with van der Waals surface area (Å²) in [5.74, 6) is 0.466. The van der Waals surface area contributed by atoms with Gasteiger partial charge in [-0.25, -0.2) is 13.1 Å². The Kier molecular flexibility index (Phi) is 4.86. The molecule has 8 nitrogen and oxygen atoms in total. The number of tetrazole rings is 1. The highest BCUT2D eigenvalue weighted by Gasteiger charge is 2.28. The Morgan fingerprint density at radius 2 is 2.29 bits per heavy atom. The zero-order valence-electron chi connectivity index (χ0n) is 13.0. The smallest absolute Gasteiger partial charge is 0.234 e. The fraction of sp³-hybridized carbons (Fsp3) is 0.429. The maximum atomic E-state index is 12.2. The number of hydrogen-bond donors (Lipinski definition) is 1. The van der Waals surface area contributed by atoms with Crippen molar-refractivity contribution in [3.05, 3.63) is 30.1 Å². The molecule has 2 aromatic rings. The van der Waals surface area contributed by atoms with Crippen LogP contribution in [-0.4, -0.2) is 57.0 Å². The van der Waals surface area contributed by atoms with Gasteiger partial charge in [-0.1, -0.05) is 6.07 Å². The van der Waals surface area contributed by atoms with Crippen LogP contribution in [0.4, 0.5) is 5.69 Å². The molecule has 0 radical (unpaired) electrons. The zero-order chi connectivity index (χ0) is 17.2. The molecule has 1 aliphatic heterocycles. The Balaban J connectivity index is 1.62. The van der Waals surface area contributed by atoms with Crippen LogP contribution in [0.3, 0.4) is 0 Å². The van der Waals surface area contributed by atoms with Crippen LogP contribution in [0.15, 0.2) is 24.5 Å². The van der Waals surface area contributed by atoms with Crippen molar-refractivity contribution in [2.45, 2.75) is 18.6 Å². The van der Waals surface area contributed by atoms with Gasteiger partial charge in [0.05, 0.1) is 22.9 Å². The summed E-state index contributed by atoms with van der Waals surface area (Å²) in [6.45, 7) is 1.88. The van der Waals surface area contributed by atoms with E-state index in [1.165, 1.54) is 22.8 Å². The van der Waals surface area contributed by atoms with Crippen LogP contribution in [0.1, 0.15) is 12.0 Å². The van der Waals surface area contributed by atoms with Crippen molar-refractivity contribution in [3.63, 3.8) is 0 Å². The molecule has 1 saturated heterocycles. The van der Waals surface area contributed by atoms with Crippen LogP contribution in [-0.2, 0) is 14.6 Å². The number of benzene rings is 1. The van der Waals surface area contributed by atoms with Gasteiger partial charge in [0.1, 0.15) is 6.33 Å². The summed E-state index contributed by atoms with van der Waals surface area (Å²) in [4.78, 5) is 12.2. The first-order valence-corrected chi connectivity index (χ1v) is 10.3. The highest BCUT2D eigenvalue weighted by Crippen LogP contribution is 2.25. The Labute approximate surface area is 143 Å². The highest BCUT2D eigenvalue weighted by atomic mass is 32.2. The van der Waals surface area contributed by atoms with Crippen LogP contribution in [0.25, 0.3) is 5.69 Å². The number of carbonyl (C=O) groups excluding carboxylic acids is 1. The fourth-order valence-corrected chi connectivity index (χ4v) is 5.99. The third kappa shape index (κ3) is 3.93. The first-order chi connectivity index (χ1) is 11.4. The van der Waals surface area contributed by atoms with E-state index in [1.807, 2.05) is 25.1 Å². The molecule has 1 N–H and O–H groups in total.